The summed E-state index contributed by atoms with van der Waals surface area (Å²) in [4.78, 5) is 0. The van der Waals surface area contributed by atoms with Crippen molar-refractivity contribution in [2.45, 2.75) is 59.5 Å². The van der Waals surface area contributed by atoms with Crippen LogP contribution in [0.1, 0.15) is 73.5 Å². The highest BCUT2D eigenvalue weighted by Crippen LogP contribution is 2.36. The molecule has 3 heteroatoms. The van der Waals surface area contributed by atoms with Crippen molar-refractivity contribution < 1.29 is 0 Å². The Balaban J connectivity index is 1.58. The van der Waals surface area contributed by atoms with Gasteiger partial charge in [-0.3, -0.25) is 5.01 Å². The average molecular weight is 492 g/mol. The van der Waals surface area contributed by atoms with Crippen LogP contribution in [-0.2, 0) is 6.42 Å². The summed E-state index contributed by atoms with van der Waals surface area (Å²) < 4.78 is 0. The van der Waals surface area contributed by atoms with Crippen LogP contribution in [0.3, 0.4) is 0 Å². The molecular formula is C34H41N3. The number of hydrogen-bond donors (Lipinski definition) is 2. The van der Waals surface area contributed by atoms with Gasteiger partial charge in [0.25, 0.3) is 0 Å². The second-order valence-corrected chi connectivity index (χ2v) is 10.6. The third-order valence-corrected chi connectivity index (χ3v) is 7.72. The van der Waals surface area contributed by atoms with Gasteiger partial charge in [-0.05, 0) is 65.3 Å². The fourth-order valence-electron chi connectivity index (χ4n) is 4.86. The van der Waals surface area contributed by atoms with Crippen molar-refractivity contribution in [3.63, 3.8) is 0 Å². The fraction of sp³-hybridized carbons (Fsp3) is 0.294. The quantitative estimate of drug-likeness (QED) is 0.362. The van der Waals surface area contributed by atoms with E-state index in [0.717, 1.165) is 24.1 Å². The van der Waals surface area contributed by atoms with Gasteiger partial charge in [-0.2, -0.15) is 0 Å². The van der Waals surface area contributed by atoms with Gasteiger partial charge in [-0.15, -0.1) is 6.58 Å². The van der Waals surface area contributed by atoms with Crippen molar-refractivity contribution in [2.75, 3.05) is 5.32 Å². The molecule has 0 aromatic heterocycles. The minimum absolute atomic E-state index is 0.0478. The predicted molar refractivity (Wildman–Crippen MR) is 162 cm³/mol. The topological polar surface area (TPSA) is 27.3 Å². The van der Waals surface area contributed by atoms with Crippen molar-refractivity contribution in [1.82, 2.24) is 10.4 Å². The number of nitrogens with one attached hydrogen (secondary N) is 2. The smallest absolute Gasteiger partial charge is 0.0707 e. The van der Waals surface area contributed by atoms with Gasteiger partial charge in [0, 0.05) is 34.6 Å². The average Bonchev–Trinajstić information content (AvgIpc) is 2.92. The minimum atomic E-state index is -0.142. The second-order valence-electron chi connectivity index (χ2n) is 10.6. The molecule has 3 nitrogen and oxygen atoms in total. The summed E-state index contributed by atoms with van der Waals surface area (Å²) in [5.74, 6) is 0. The lowest BCUT2D eigenvalue weighted by Gasteiger charge is -2.33. The Bertz CT molecular complexity index is 1300. The number of aryl methyl sites for hydroxylation is 2. The van der Waals surface area contributed by atoms with Crippen LogP contribution in [-0.4, -0.2) is 11.1 Å². The molecule has 2 atom stereocenters. The van der Waals surface area contributed by atoms with Gasteiger partial charge < -0.3 is 5.32 Å². The Morgan fingerprint density at radius 2 is 1.89 bits per heavy atom. The first-order valence-electron chi connectivity index (χ1n) is 13.3. The van der Waals surface area contributed by atoms with E-state index >= 15 is 0 Å². The van der Waals surface area contributed by atoms with Crippen LogP contribution >= 0.6 is 0 Å². The number of rotatable bonds is 8. The number of nitrogens with zero attached hydrogens (tertiary/aromatic N) is 1. The zero-order chi connectivity index (χ0) is 26.7. The SMILES string of the molecule is C=CC(C)(C)C(=C)c1ccc(C=CN2NC(c3ccc(C)c4c3C=CC(CC)N4)C=CC2=C)c(CC)c1. The summed E-state index contributed by atoms with van der Waals surface area (Å²) in [5, 5.41) is 5.73. The lowest BCUT2D eigenvalue weighted by molar-refractivity contribution is 0.308. The molecule has 2 aliphatic heterocycles. The van der Waals surface area contributed by atoms with Crippen LogP contribution in [0.2, 0.25) is 0 Å². The van der Waals surface area contributed by atoms with Gasteiger partial charge in [-0.1, -0.05) is 95.5 Å². The van der Waals surface area contributed by atoms with Crippen LogP contribution in [0.25, 0.3) is 17.7 Å². The van der Waals surface area contributed by atoms with E-state index in [1.165, 1.54) is 39.1 Å². The predicted octanol–water partition coefficient (Wildman–Crippen LogP) is 8.60. The molecule has 4 rings (SSSR count). The first kappa shape index (κ1) is 26.5. The third-order valence-electron chi connectivity index (χ3n) is 7.72. The zero-order valence-electron chi connectivity index (χ0n) is 23.1. The number of fused-ring (bicyclic) bond motifs is 1. The zero-order valence-corrected chi connectivity index (χ0v) is 23.1. The van der Waals surface area contributed by atoms with E-state index in [4.69, 9.17) is 0 Å². The van der Waals surface area contributed by atoms with Crippen molar-refractivity contribution >= 4 is 23.4 Å². The van der Waals surface area contributed by atoms with E-state index in [1.807, 2.05) is 11.1 Å². The Kier molecular flexibility index (Phi) is 7.75. The molecule has 0 saturated carbocycles. The number of anilines is 1. The minimum Gasteiger partial charge on any atom is -0.378 e. The molecule has 2 unspecified atom stereocenters. The van der Waals surface area contributed by atoms with Crippen molar-refractivity contribution in [1.29, 1.82) is 0 Å². The lowest BCUT2D eigenvalue weighted by Crippen LogP contribution is -2.37. The summed E-state index contributed by atoms with van der Waals surface area (Å²) in [6.07, 6.45) is 17.1. The van der Waals surface area contributed by atoms with Gasteiger partial charge >= 0.3 is 0 Å². The van der Waals surface area contributed by atoms with Gasteiger partial charge in [0.2, 0.25) is 0 Å². The normalized spacial score (nSPS) is 19.2. The van der Waals surface area contributed by atoms with Crippen molar-refractivity contribution in [3.8, 4) is 0 Å². The molecule has 37 heavy (non-hydrogen) atoms. The van der Waals surface area contributed by atoms with Crippen LogP contribution in [0.15, 0.2) is 86.3 Å². The number of benzene rings is 2. The summed E-state index contributed by atoms with van der Waals surface area (Å²) >= 11 is 0. The number of allylic oxidation sites excluding steroid dienone is 3. The van der Waals surface area contributed by atoms with E-state index in [2.05, 4.69) is 132 Å². The summed E-state index contributed by atoms with van der Waals surface area (Å²) in [7, 11) is 0. The van der Waals surface area contributed by atoms with E-state index in [0.29, 0.717) is 6.04 Å². The summed E-state index contributed by atoms with van der Waals surface area (Å²) in [6.45, 7) is 23.5. The fourth-order valence-corrected chi connectivity index (χ4v) is 4.86. The maximum atomic E-state index is 4.35. The lowest BCUT2D eigenvalue weighted by atomic mass is 9.80. The highest BCUT2D eigenvalue weighted by atomic mass is 15.5. The Hall–Kier alpha value is -3.56. The van der Waals surface area contributed by atoms with Crippen LogP contribution in [0.5, 0.6) is 0 Å². The van der Waals surface area contributed by atoms with Crippen LogP contribution in [0, 0.1) is 12.3 Å². The molecule has 0 bridgehead atoms. The molecule has 0 spiro atoms. The Labute approximate surface area is 223 Å². The van der Waals surface area contributed by atoms with Crippen LogP contribution < -0.4 is 10.7 Å². The summed E-state index contributed by atoms with van der Waals surface area (Å²) in [6, 6.07) is 11.5. The maximum Gasteiger partial charge on any atom is 0.0707 e. The third kappa shape index (κ3) is 5.42. The van der Waals surface area contributed by atoms with Gasteiger partial charge in [-0.25, -0.2) is 5.43 Å². The molecule has 2 N–H and O–H groups in total. The number of hydrazine groups is 1. The van der Waals surface area contributed by atoms with Crippen molar-refractivity contribution in [2.24, 2.45) is 5.41 Å². The molecule has 0 amide bonds. The molecule has 2 heterocycles. The summed E-state index contributed by atoms with van der Waals surface area (Å²) in [5.41, 5.74) is 14.2. The molecule has 2 aromatic rings. The molecule has 0 aliphatic carbocycles. The Morgan fingerprint density at radius 1 is 1.11 bits per heavy atom. The number of hydrogen-bond acceptors (Lipinski definition) is 3. The second kappa shape index (κ2) is 10.8. The maximum absolute atomic E-state index is 4.35. The highest BCUT2D eigenvalue weighted by molar-refractivity contribution is 5.77. The molecule has 0 fully saturated rings. The molecule has 0 saturated heterocycles. The van der Waals surface area contributed by atoms with Crippen molar-refractivity contribution in [3.05, 3.63) is 120 Å². The molecule has 0 radical (unpaired) electrons. The van der Waals surface area contributed by atoms with E-state index in [1.54, 1.807) is 0 Å². The molecule has 2 aromatic carbocycles. The van der Waals surface area contributed by atoms with Gasteiger partial charge in [0.1, 0.15) is 0 Å². The van der Waals surface area contributed by atoms with Gasteiger partial charge in [0.05, 0.1) is 6.04 Å². The van der Waals surface area contributed by atoms with E-state index in [9.17, 15) is 0 Å². The van der Waals surface area contributed by atoms with Gasteiger partial charge in [0.15, 0.2) is 0 Å². The Morgan fingerprint density at radius 3 is 2.59 bits per heavy atom. The largest absolute Gasteiger partial charge is 0.378 e. The first-order chi connectivity index (χ1) is 17.7. The molecular weight excluding hydrogens is 450 g/mol. The molecule has 2 aliphatic rings. The first-order valence-corrected chi connectivity index (χ1v) is 13.3. The van der Waals surface area contributed by atoms with Crippen LogP contribution in [0.4, 0.5) is 5.69 Å². The molecule has 192 valence electrons. The highest BCUT2D eigenvalue weighted by Gasteiger charge is 2.23. The van der Waals surface area contributed by atoms with E-state index < -0.39 is 0 Å². The standard InChI is InChI=1S/C34H41N3/c1-9-26-22-28(25(6)34(7,8)11-3)15-14-27(26)20-21-37-24(5)13-19-32(36-37)30-17-12-23(4)33-31(30)18-16-29(10-2)35-33/h11-22,29,32,35-36H,3,5-6,9-10H2,1-2,4,7-8H3. The van der Waals surface area contributed by atoms with E-state index in [-0.39, 0.29) is 11.5 Å². The monoisotopic (exact) mass is 491 g/mol.